The minimum absolute atomic E-state index is 0.0609. The van der Waals surface area contributed by atoms with Crippen LogP contribution < -0.4 is 9.47 Å². The van der Waals surface area contributed by atoms with Gasteiger partial charge in [-0.2, -0.15) is 4.39 Å². The molecule has 0 bridgehead atoms. The molecule has 1 heterocycles. The summed E-state index contributed by atoms with van der Waals surface area (Å²) < 4.78 is 24.1. The Kier molecular flexibility index (Phi) is 4.93. The lowest BCUT2D eigenvalue weighted by Gasteiger charge is -2.16. The number of carboxylic acid groups (broad SMARTS) is 1. The molecule has 0 spiro atoms. The normalized spacial score (nSPS) is 10.3. The first-order chi connectivity index (χ1) is 10.6. The van der Waals surface area contributed by atoms with Crippen LogP contribution in [0.4, 0.5) is 4.39 Å². The molecule has 116 valence electrons. The van der Waals surface area contributed by atoms with Gasteiger partial charge >= 0.3 is 5.97 Å². The molecule has 0 radical (unpaired) electrons. The molecule has 1 aromatic carbocycles. The van der Waals surface area contributed by atoms with Gasteiger partial charge in [-0.1, -0.05) is 0 Å². The number of halogens is 1. The van der Waals surface area contributed by atoms with Gasteiger partial charge < -0.3 is 14.6 Å². The van der Waals surface area contributed by atoms with Crippen LogP contribution in [-0.4, -0.2) is 29.3 Å². The van der Waals surface area contributed by atoms with Crippen molar-refractivity contribution in [3.05, 3.63) is 42.0 Å². The second kappa shape index (κ2) is 6.89. The van der Waals surface area contributed by atoms with Gasteiger partial charge in [0, 0.05) is 11.8 Å². The van der Waals surface area contributed by atoms with Crippen molar-refractivity contribution < 1.29 is 23.8 Å². The number of benzene rings is 1. The second-order valence-electron chi connectivity index (χ2n) is 4.39. The van der Waals surface area contributed by atoms with Crippen LogP contribution in [0.5, 0.6) is 11.5 Å². The third-order valence-corrected chi connectivity index (χ3v) is 2.93. The lowest BCUT2D eigenvalue weighted by Crippen LogP contribution is -2.04. The Morgan fingerprint density at radius 1 is 1.18 bits per heavy atom. The first-order valence-electron chi connectivity index (χ1n) is 6.85. The highest BCUT2D eigenvalue weighted by Gasteiger charge is 2.18. The Morgan fingerprint density at radius 3 is 2.18 bits per heavy atom. The number of hydrogen-bond donors (Lipinski definition) is 1. The van der Waals surface area contributed by atoms with Crippen molar-refractivity contribution in [2.45, 2.75) is 13.8 Å². The predicted molar refractivity (Wildman–Crippen MR) is 78.9 cm³/mol. The highest BCUT2D eigenvalue weighted by atomic mass is 19.1. The van der Waals surface area contributed by atoms with Gasteiger partial charge in [0.2, 0.25) is 5.95 Å². The Bertz CT molecular complexity index is 643. The van der Waals surface area contributed by atoms with Gasteiger partial charge in [-0.15, -0.1) is 0 Å². The smallest absolute Gasteiger partial charge is 0.335 e. The van der Waals surface area contributed by atoms with Crippen molar-refractivity contribution in [3.8, 4) is 22.6 Å². The van der Waals surface area contributed by atoms with Crippen LogP contribution in [-0.2, 0) is 0 Å². The van der Waals surface area contributed by atoms with Gasteiger partial charge in [-0.25, -0.2) is 9.78 Å². The molecular weight excluding hydrogens is 289 g/mol. The molecule has 0 amide bonds. The largest absolute Gasteiger partial charge is 0.493 e. The predicted octanol–water partition coefficient (Wildman–Crippen LogP) is 3.38. The van der Waals surface area contributed by atoms with Crippen molar-refractivity contribution in [1.82, 2.24) is 4.98 Å². The van der Waals surface area contributed by atoms with Crippen molar-refractivity contribution in [2.24, 2.45) is 0 Å². The molecule has 0 saturated carbocycles. The quantitative estimate of drug-likeness (QED) is 0.829. The van der Waals surface area contributed by atoms with E-state index in [1.54, 1.807) is 19.9 Å². The van der Waals surface area contributed by atoms with E-state index in [2.05, 4.69) is 4.98 Å². The third-order valence-electron chi connectivity index (χ3n) is 2.93. The summed E-state index contributed by atoms with van der Waals surface area (Å²) >= 11 is 0. The van der Waals surface area contributed by atoms with E-state index in [0.717, 1.165) is 0 Å². The lowest BCUT2D eigenvalue weighted by atomic mass is 10.0. The molecule has 0 aliphatic heterocycles. The number of carboxylic acids is 1. The summed E-state index contributed by atoms with van der Waals surface area (Å²) in [6.45, 7) is 4.30. The van der Waals surface area contributed by atoms with Crippen molar-refractivity contribution >= 4 is 5.97 Å². The maximum absolute atomic E-state index is 13.0. The number of ether oxygens (including phenoxy) is 2. The summed E-state index contributed by atoms with van der Waals surface area (Å²) in [6.07, 6.45) is 1.36. The maximum Gasteiger partial charge on any atom is 0.335 e. The maximum atomic E-state index is 13.0. The molecule has 2 aromatic rings. The van der Waals surface area contributed by atoms with E-state index in [9.17, 15) is 14.3 Å². The molecule has 0 unspecified atom stereocenters. The van der Waals surface area contributed by atoms with E-state index in [1.807, 2.05) is 0 Å². The molecule has 1 N–H and O–H groups in total. The molecule has 5 nitrogen and oxygen atoms in total. The second-order valence-corrected chi connectivity index (χ2v) is 4.39. The zero-order chi connectivity index (χ0) is 16.1. The average molecular weight is 305 g/mol. The summed E-state index contributed by atoms with van der Waals surface area (Å²) in [5.41, 5.74) is 1.21. The molecule has 6 heteroatoms. The summed E-state index contributed by atoms with van der Waals surface area (Å²) in [5.74, 6) is -0.953. The van der Waals surface area contributed by atoms with Crippen molar-refractivity contribution in [3.63, 3.8) is 0 Å². The minimum Gasteiger partial charge on any atom is -0.493 e. The first kappa shape index (κ1) is 15.8. The molecule has 0 aliphatic carbocycles. The molecule has 1 aromatic heterocycles. The standard InChI is InChI=1S/C16H16FNO4/c1-3-21-12-7-11(16(19)20)8-13(22-4-2)15(12)10-5-6-14(17)18-9-10/h5-9H,3-4H2,1-2H3,(H,19,20). The lowest BCUT2D eigenvalue weighted by molar-refractivity contribution is 0.0696. The van der Waals surface area contributed by atoms with E-state index in [1.165, 1.54) is 24.4 Å². The fourth-order valence-corrected chi connectivity index (χ4v) is 2.06. The van der Waals surface area contributed by atoms with Crippen LogP contribution >= 0.6 is 0 Å². The highest BCUT2D eigenvalue weighted by molar-refractivity contribution is 5.91. The molecule has 22 heavy (non-hydrogen) atoms. The number of rotatable bonds is 6. The first-order valence-corrected chi connectivity index (χ1v) is 6.85. The van der Waals surface area contributed by atoms with E-state index in [0.29, 0.717) is 35.8 Å². The number of carbonyl (C=O) groups is 1. The van der Waals surface area contributed by atoms with E-state index in [4.69, 9.17) is 9.47 Å². The third kappa shape index (κ3) is 3.33. The number of nitrogens with zero attached hydrogens (tertiary/aromatic N) is 1. The molecule has 0 saturated heterocycles. The van der Waals surface area contributed by atoms with Gasteiger partial charge in [0.15, 0.2) is 0 Å². The topological polar surface area (TPSA) is 68.7 Å². The zero-order valence-corrected chi connectivity index (χ0v) is 12.3. The number of hydrogen-bond acceptors (Lipinski definition) is 4. The Morgan fingerprint density at radius 2 is 1.77 bits per heavy atom. The fraction of sp³-hybridized carbons (Fsp3) is 0.250. The van der Waals surface area contributed by atoms with Gasteiger partial charge in [-0.3, -0.25) is 0 Å². The number of aromatic nitrogens is 1. The van der Waals surface area contributed by atoms with Crippen molar-refractivity contribution in [1.29, 1.82) is 0 Å². The Balaban J connectivity index is 2.66. The van der Waals surface area contributed by atoms with Crippen LogP contribution in [0, 0.1) is 5.95 Å². The molecular formula is C16H16FNO4. The van der Waals surface area contributed by atoms with Gasteiger partial charge in [0.05, 0.1) is 24.3 Å². The van der Waals surface area contributed by atoms with Crippen LogP contribution in [0.1, 0.15) is 24.2 Å². The number of aromatic carboxylic acids is 1. The fourth-order valence-electron chi connectivity index (χ4n) is 2.06. The Hall–Kier alpha value is -2.63. The van der Waals surface area contributed by atoms with Gasteiger partial charge in [0.25, 0.3) is 0 Å². The number of pyridine rings is 1. The van der Waals surface area contributed by atoms with Gasteiger partial charge in [-0.05, 0) is 38.1 Å². The van der Waals surface area contributed by atoms with Crippen molar-refractivity contribution in [2.75, 3.05) is 13.2 Å². The van der Waals surface area contributed by atoms with Crippen LogP contribution in [0.25, 0.3) is 11.1 Å². The SMILES string of the molecule is CCOc1cc(C(=O)O)cc(OCC)c1-c1ccc(F)nc1. The van der Waals surface area contributed by atoms with Crippen LogP contribution in [0.15, 0.2) is 30.5 Å². The zero-order valence-electron chi connectivity index (χ0n) is 12.3. The molecule has 0 atom stereocenters. The van der Waals surface area contributed by atoms with Crippen LogP contribution in [0.3, 0.4) is 0 Å². The molecule has 0 aliphatic rings. The summed E-state index contributed by atoms with van der Waals surface area (Å²) in [5, 5.41) is 9.19. The van der Waals surface area contributed by atoms with Crippen LogP contribution in [0.2, 0.25) is 0 Å². The average Bonchev–Trinajstić information content (AvgIpc) is 2.49. The summed E-state index contributed by atoms with van der Waals surface area (Å²) in [4.78, 5) is 14.9. The summed E-state index contributed by atoms with van der Waals surface area (Å²) in [6, 6.07) is 5.62. The van der Waals surface area contributed by atoms with Gasteiger partial charge in [0.1, 0.15) is 11.5 Å². The monoisotopic (exact) mass is 305 g/mol. The Labute approximate surface area is 127 Å². The van der Waals surface area contributed by atoms with E-state index in [-0.39, 0.29) is 5.56 Å². The van der Waals surface area contributed by atoms with E-state index >= 15 is 0 Å². The minimum atomic E-state index is -1.08. The summed E-state index contributed by atoms with van der Waals surface area (Å²) in [7, 11) is 0. The molecule has 2 rings (SSSR count). The van der Waals surface area contributed by atoms with E-state index < -0.39 is 11.9 Å². The highest BCUT2D eigenvalue weighted by Crippen LogP contribution is 2.39. The molecule has 0 fully saturated rings.